The molecule has 98 valence electrons. The average molecular weight is 247 g/mol. The molecule has 0 radical (unpaired) electrons. The number of phenolic OH excluding ortho intramolecular Hbond substituents is 1. The van der Waals surface area contributed by atoms with Crippen LogP contribution in [0.15, 0.2) is 18.2 Å². The summed E-state index contributed by atoms with van der Waals surface area (Å²) in [6, 6.07) is 6.30. The molecule has 1 aromatic rings. The third-order valence-corrected chi connectivity index (χ3v) is 4.17. The SMILES string of the molecule is Nc1cc(CN2CCN3CCCC3C2)ccc1O. The van der Waals surface area contributed by atoms with Crippen molar-refractivity contribution in [2.45, 2.75) is 25.4 Å². The van der Waals surface area contributed by atoms with Gasteiger partial charge in [0.2, 0.25) is 0 Å². The Morgan fingerprint density at radius 2 is 2.17 bits per heavy atom. The molecule has 1 atom stereocenters. The highest BCUT2D eigenvalue weighted by molar-refractivity contribution is 5.53. The summed E-state index contributed by atoms with van der Waals surface area (Å²) in [6.45, 7) is 5.72. The number of nitrogens with zero attached hydrogens (tertiary/aromatic N) is 2. The number of rotatable bonds is 2. The lowest BCUT2D eigenvalue weighted by molar-refractivity contribution is 0.0994. The summed E-state index contributed by atoms with van der Waals surface area (Å²) in [4.78, 5) is 5.11. The van der Waals surface area contributed by atoms with E-state index in [0.717, 1.165) is 19.1 Å². The van der Waals surface area contributed by atoms with Crippen molar-refractivity contribution in [3.63, 3.8) is 0 Å². The van der Waals surface area contributed by atoms with Crippen LogP contribution >= 0.6 is 0 Å². The van der Waals surface area contributed by atoms with Gasteiger partial charge in [0.1, 0.15) is 5.75 Å². The summed E-state index contributed by atoms with van der Waals surface area (Å²) in [7, 11) is 0. The Labute approximate surface area is 108 Å². The highest BCUT2D eigenvalue weighted by Crippen LogP contribution is 2.24. The number of anilines is 1. The molecule has 0 aliphatic carbocycles. The number of piperazine rings is 1. The first-order valence-corrected chi connectivity index (χ1v) is 6.76. The molecule has 2 aliphatic heterocycles. The van der Waals surface area contributed by atoms with Crippen LogP contribution in [0.5, 0.6) is 5.75 Å². The zero-order valence-electron chi connectivity index (χ0n) is 10.7. The normalized spacial score (nSPS) is 25.2. The zero-order chi connectivity index (χ0) is 12.5. The van der Waals surface area contributed by atoms with Gasteiger partial charge in [-0.1, -0.05) is 6.07 Å². The second-order valence-corrected chi connectivity index (χ2v) is 5.46. The van der Waals surface area contributed by atoms with Crippen LogP contribution in [0, 0.1) is 0 Å². The highest BCUT2D eigenvalue weighted by atomic mass is 16.3. The summed E-state index contributed by atoms with van der Waals surface area (Å²) in [5, 5.41) is 9.43. The minimum Gasteiger partial charge on any atom is -0.506 e. The van der Waals surface area contributed by atoms with Gasteiger partial charge >= 0.3 is 0 Å². The average Bonchev–Trinajstić information content (AvgIpc) is 2.81. The molecule has 4 heteroatoms. The maximum Gasteiger partial charge on any atom is 0.138 e. The monoisotopic (exact) mass is 247 g/mol. The van der Waals surface area contributed by atoms with Gasteiger partial charge in [-0.3, -0.25) is 9.80 Å². The van der Waals surface area contributed by atoms with E-state index in [0.29, 0.717) is 5.69 Å². The molecule has 3 N–H and O–H groups in total. The number of nitrogens with two attached hydrogens (primary N) is 1. The Hall–Kier alpha value is -1.26. The van der Waals surface area contributed by atoms with Crippen molar-refractivity contribution in [1.82, 2.24) is 9.80 Å². The number of benzene rings is 1. The van der Waals surface area contributed by atoms with Gasteiger partial charge in [-0.05, 0) is 37.1 Å². The molecule has 0 spiro atoms. The van der Waals surface area contributed by atoms with Crippen molar-refractivity contribution >= 4 is 5.69 Å². The predicted octanol–water partition coefficient (Wildman–Crippen LogP) is 1.25. The van der Waals surface area contributed by atoms with Crippen molar-refractivity contribution in [2.75, 3.05) is 31.9 Å². The van der Waals surface area contributed by atoms with Crippen LogP contribution in [0.25, 0.3) is 0 Å². The van der Waals surface area contributed by atoms with E-state index in [1.807, 2.05) is 12.1 Å². The first kappa shape index (κ1) is 11.8. The molecule has 3 rings (SSSR count). The number of fused-ring (bicyclic) bond motifs is 1. The third-order valence-electron chi connectivity index (χ3n) is 4.17. The molecule has 0 amide bonds. The quantitative estimate of drug-likeness (QED) is 0.610. The van der Waals surface area contributed by atoms with E-state index in [1.54, 1.807) is 6.07 Å². The van der Waals surface area contributed by atoms with Gasteiger partial charge in [0.05, 0.1) is 5.69 Å². The lowest BCUT2D eigenvalue weighted by atomic mass is 10.1. The number of phenols is 1. The molecule has 4 nitrogen and oxygen atoms in total. The van der Waals surface area contributed by atoms with Gasteiger partial charge in [-0.25, -0.2) is 0 Å². The lowest BCUT2D eigenvalue weighted by Gasteiger charge is -2.37. The van der Waals surface area contributed by atoms with E-state index in [-0.39, 0.29) is 5.75 Å². The molecule has 2 heterocycles. The minimum absolute atomic E-state index is 0.180. The summed E-state index contributed by atoms with van der Waals surface area (Å²) >= 11 is 0. The Morgan fingerprint density at radius 1 is 1.28 bits per heavy atom. The van der Waals surface area contributed by atoms with E-state index in [2.05, 4.69) is 9.80 Å². The maximum absolute atomic E-state index is 9.43. The molecule has 2 fully saturated rings. The molecular weight excluding hydrogens is 226 g/mol. The second-order valence-electron chi connectivity index (χ2n) is 5.46. The Balaban J connectivity index is 1.64. The van der Waals surface area contributed by atoms with Gasteiger partial charge in [0.15, 0.2) is 0 Å². The van der Waals surface area contributed by atoms with Gasteiger partial charge in [0.25, 0.3) is 0 Å². The van der Waals surface area contributed by atoms with E-state index < -0.39 is 0 Å². The van der Waals surface area contributed by atoms with Crippen molar-refractivity contribution < 1.29 is 5.11 Å². The fourth-order valence-corrected chi connectivity index (χ4v) is 3.16. The predicted molar refractivity (Wildman–Crippen MR) is 72.4 cm³/mol. The van der Waals surface area contributed by atoms with E-state index in [9.17, 15) is 5.11 Å². The summed E-state index contributed by atoms with van der Waals surface area (Å²) in [6.07, 6.45) is 2.69. The molecule has 2 aliphatic rings. The molecule has 0 aromatic heterocycles. The largest absolute Gasteiger partial charge is 0.506 e. The van der Waals surface area contributed by atoms with Gasteiger partial charge in [-0.15, -0.1) is 0 Å². The zero-order valence-corrected chi connectivity index (χ0v) is 10.7. The molecule has 2 saturated heterocycles. The summed E-state index contributed by atoms with van der Waals surface area (Å²) in [5.41, 5.74) is 7.40. The summed E-state index contributed by atoms with van der Waals surface area (Å²) in [5.74, 6) is 0.180. The second kappa shape index (κ2) is 4.78. The smallest absolute Gasteiger partial charge is 0.138 e. The van der Waals surface area contributed by atoms with Gasteiger partial charge < -0.3 is 10.8 Å². The van der Waals surface area contributed by atoms with Gasteiger partial charge in [0, 0.05) is 32.2 Å². The van der Waals surface area contributed by atoms with Crippen molar-refractivity contribution in [3.8, 4) is 5.75 Å². The van der Waals surface area contributed by atoms with Crippen LogP contribution in [-0.2, 0) is 6.54 Å². The Kier molecular flexibility index (Phi) is 3.14. The van der Waals surface area contributed by atoms with E-state index in [1.165, 1.54) is 38.0 Å². The Morgan fingerprint density at radius 3 is 3.00 bits per heavy atom. The fourth-order valence-electron chi connectivity index (χ4n) is 3.16. The number of aromatic hydroxyl groups is 1. The van der Waals surface area contributed by atoms with Crippen LogP contribution in [0.4, 0.5) is 5.69 Å². The molecule has 18 heavy (non-hydrogen) atoms. The Bertz CT molecular complexity index is 435. The van der Waals surface area contributed by atoms with Crippen molar-refractivity contribution in [3.05, 3.63) is 23.8 Å². The molecule has 0 bridgehead atoms. The minimum atomic E-state index is 0.180. The van der Waals surface area contributed by atoms with Crippen LogP contribution in [0.3, 0.4) is 0 Å². The topological polar surface area (TPSA) is 52.7 Å². The number of hydrogen-bond donors (Lipinski definition) is 2. The highest BCUT2D eigenvalue weighted by Gasteiger charge is 2.30. The van der Waals surface area contributed by atoms with Crippen molar-refractivity contribution in [1.29, 1.82) is 0 Å². The lowest BCUT2D eigenvalue weighted by Crippen LogP contribution is -2.49. The summed E-state index contributed by atoms with van der Waals surface area (Å²) < 4.78 is 0. The van der Waals surface area contributed by atoms with E-state index >= 15 is 0 Å². The van der Waals surface area contributed by atoms with Crippen molar-refractivity contribution in [2.24, 2.45) is 0 Å². The molecular formula is C14H21N3O. The fraction of sp³-hybridized carbons (Fsp3) is 0.571. The molecule has 1 aromatic carbocycles. The maximum atomic E-state index is 9.43. The number of nitrogen functional groups attached to an aromatic ring is 1. The van der Waals surface area contributed by atoms with Crippen LogP contribution < -0.4 is 5.73 Å². The van der Waals surface area contributed by atoms with Crippen LogP contribution in [-0.4, -0.2) is 47.1 Å². The molecule has 1 unspecified atom stereocenters. The first-order chi connectivity index (χ1) is 8.72. The number of hydrogen-bond acceptors (Lipinski definition) is 4. The standard InChI is InChI=1S/C14H21N3O/c15-13-8-11(3-4-14(13)18)9-16-6-7-17-5-1-2-12(17)10-16/h3-4,8,12,18H,1-2,5-7,9-10,15H2. The van der Waals surface area contributed by atoms with Crippen LogP contribution in [0.2, 0.25) is 0 Å². The van der Waals surface area contributed by atoms with Gasteiger partial charge in [-0.2, -0.15) is 0 Å². The van der Waals surface area contributed by atoms with E-state index in [4.69, 9.17) is 5.73 Å². The first-order valence-electron chi connectivity index (χ1n) is 6.76. The molecule has 0 saturated carbocycles. The van der Waals surface area contributed by atoms with Crippen LogP contribution in [0.1, 0.15) is 18.4 Å². The third kappa shape index (κ3) is 2.31.